The predicted octanol–water partition coefficient (Wildman–Crippen LogP) is 2.83. The fourth-order valence-corrected chi connectivity index (χ4v) is 1.96. The van der Waals surface area contributed by atoms with E-state index in [1.807, 2.05) is 0 Å². The number of aromatic nitrogens is 1. The van der Waals surface area contributed by atoms with Gasteiger partial charge >= 0.3 is 5.97 Å². The molecule has 0 aromatic carbocycles. The van der Waals surface area contributed by atoms with Gasteiger partial charge in [-0.2, -0.15) is 0 Å². The molecule has 0 unspecified atom stereocenters. The molecule has 0 aliphatic heterocycles. The number of carbonyl (C=O) groups excluding carboxylic acids is 1. The zero-order chi connectivity index (χ0) is 10.7. The van der Waals surface area contributed by atoms with Crippen LogP contribution in [0.2, 0.25) is 5.15 Å². The topological polar surface area (TPSA) is 39.2 Å². The molecule has 4 heteroatoms. The van der Waals surface area contributed by atoms with Crippen molar-refractivity contribution in [3.05, 3.63) is 29.0 Å². The second kappa shape index (κ2) is 4.62. The Morgan fingerprint density at radius 2 is 2.20 bits per heavy atom. The van der Waals surface area contributed by atoms with Gasteiger partial charge in [0.05, 0.1) is 5.56 Å². The molecule has 1 aliphatic carbocycles. The minimum Gasteiger partial charge on any atom is -0.459 e. The van der Waals surface area contributed by atoms with Crippen LogP contribution in [0.15, 0.2) is 18.3 Å². The Balaban J connectivity index is 2.04. The van der Waals surface area contributed by atoms with Crippen LogP contribution in [0.25, 0.3) is 0 Å². The van der Waals surface area contributed by atoms with E-state index in [1.54, 1.807) is 18.3 Å². The molecule has 0 N–H and O–H groups in total. The second-order valence-electron chi connectivity index (χ2n) is 3.65. The predicted molar refractivity (Wildman–Crippen MR) is 56.9 cm³/mol. The van der Waals surface area contributed by atoms with Gasteiger partial charge < -0.3 is 4.74 Å². The Hall–Kier alpha value is -1.09. The van der Waals surface area contributed by atoms with Gasteiger partial charge in [0.1, 0.15) is 11.3 Å². The number of carbonyl (C=O) groups is 1. The van der Waals surface area contributed by atoms with E-state index >= 15 is 0 Å². The molecule has 80 valence electrons. The van der Waals surface area contributed by atoms with Crippen LogP contribution in [0.1, 0.15) is 36.0 Å². The van der Waals surface area contributed by atoms with Gasteiger partial charge in [-0.05, 0) is 37.8 Å². The Kier molecular flexibility index (Phi) is 3.21. The van der Waals surface area contributed by atoms with Crippen LogP contribution in [0.4, 0.5) is 0 Å². The Morgan fingerprint density at radius 1 is 1.47 bits per heavy atom. The van der Waals surface area contributed by atoms with Crippen LogP contribution in [-0.4, -0.2) is 17.1 Å². The molecule has 1 heterocycles. The molecule has 0 amide bonds. The van der Waals surface area contributed by atoms with Crippen molar-refractivity contribution < 1.29 is 9.53 Å². The third-order valence-corrected chi connectivity index (χ3v) is 2.86. The fraction of sp³-hybridized carbons (Fsp3) is 0.455. The highest BCUT2D eigenvalue weighted by atomic mass is 35.5. The Bertz CT molecular complexity index is 361. The summed E-state index contributed by atoms with van der Waals surface area (Å²) < 4.78 is 5.31. The number of esters is 1. The van der Waals surface area contributed by atoms with Gasteiger partial charge in [0.15, 0.2) is 0 Å². The molecule has 3 nitrogen and oxygen atoms in total. The maximum Gasteiger partial charge on any atom is 0.341 e. The fourth-order valence-electron chi connectivity index (χ4n) is 1.76. The summed E-state index contributed by atoms with van der Waals surface area (Å²) in [5.41, 5.74) is 0.353. The maximum absolute atomic E-state index is 11.7. The highest BCUT2D eigenvalue weighted by Gasteiger charge is 2.21. The summed E-state index contributed by atoms with van der Waals surface area (Å²) in [6, 6.07) is 3.31. The van der Waals surface area contributed by atoms with Crippen molar-refractivity contribution in [3.8, 4) is 0 Å². The van der Waals surface area contributed by atoms with E-state index in [-0.39, 0.29) is 17.2 Å². The largest absolute Gasteiger partial charge is 0.459 e. The van der Waals surface area contributed by atoms with E-state index in [4.69, 9.17) is 16.3 Å². The standard InChI is InChI=1S/C11H12ClNO2/c12-10-9(6-3-7-13-10)11(14)15-8-4-1-2-5-8/h3,6-8H,1-2,4-5H2. The van der Waals surface area contributed by atoms with Crippen LogP contribution >= 0.6 is 11.6 Å². The van der Waals surface area contributed by atoms with Gasteiger partial charge in [0.25, 0.3) is 0 Å². The van der Waals surface area contributed by atoms with Gasteiger partial charge in [0, 0.05) is 6.20 Å². The first-order chi connectivity index (χ1) is 7.27. The molecule has 0 radical (unpaired) electrons. The van der Waals surface area contributed by atoms with E-state index in [0.717, 1.165) is 25.7 Å². The summed E-state index contributed by atoms with van der Waals surface area (Å²) in [6.45, 7) is 0. The molecule has 2 rings (SSSR count). The molecule has 1 fully saturated rings. The molecule has 1 aromatic heterocycles. The van der Waals surface area contributed by atoms with Crippen molar-refractivity contribution in [2.75, 3.05) is 0 Å². The Morgan fingerprint density at radius 3 is 2.87 bits per heavy atom. The summed E-state index contributed by atoms with van der Waals surface area (Å²) in [4.78, 5) is 15.5. The summed E-state index contributed by atoms with van der Waals surface area (Å²) in [6.07, 6.45) is 5.81. The quantitative estimate of drug-likeness (QED) is 0.574. The van der Waals surface area contributed by atoms with Gasteiger partial charge in [0.2, 0.25) is 0 Å². The first-order valence-corrected chi connectivity index (χ1v) is 5.46. The van der Waals surface area contributed by atoms with E-state index in [9.17, 15) is 4.79 Å². The van der Waals surface area contributed by atoms with Crippen LogP contribution in [0.5, 0.6) is 0 Å². The second-order valence-corrected chi connectivity index (χ2v) is 4.01. The zero-order valence-corrected chi connectivity index (χ0v) is 9.04. The Labute approximate surface area is 93.4 Å². The highest BCUT2D eigenvalue weighted by Crippen LogP contribution is 2.23. The average molecular weight is 226 g/mol. The molecule has 15 heavy (non-hydrogen) atoms. The molecule has 0 saturated heterocycles. The van der Waals surface area contributed by atoms with Crippen molar-refractivity contribution in [2.24, 2.45) is 0 Å². The number of hydrogen-bond donors (Lipinski definition) is 0. The van der Waals surface area contributed by atoms with E-state index < -0.39 is 0 Å². The normalized spacial score (nSPS) is 16.6. The molecule has 0 bridgehead atoms. The van der Waals surface area contributed by atoms with E-state index in [0.29, 0.717) is 5.56 Å². The summed E-state index contributed by atoms with van der Waals surface area (Å²) in [5, 5.41) is 0.209. The van der Waals surface area contributed by atoms with Crippen LogP contribution in [0.3, 0.4) is 0 Å². The van der Waals surface area contributed by atoms with Gasteiger partial charge in [-0.3, -0.25) is 0 Å². The van der Waals surface area contributed by atoms with E-state index in [2.05, 4.69) is 4.98 Å². The summed E-state index contributed by atoms with van der Waals surface area (Å²) in [5.74, 6) is -0.361. The van der Waals surface area contributed by atoms with Gasteiger partial charge in [-0.1, -0.05) is 11.6 Å². The minimum absolute atomic E-state index is 0.0637. The maximum atomic E-state index is 11.7. The lowest BCUT2D eigenvalue weighted by atomic mass is 10.2. The average Bonchev–Trinajstić information content (AvgIpc) is 2.71. The number of ether oxygens (including phenoxy) is 1. The monoisotopic (exact) mass is 225 g/mol. The first-order valence-electron chi connectivity index (χ1n) is 5.09. The van der Waals surface area contributed by atoms with Crippen LogP contribution in [-0.2, 0) is 4.74 Å². The third kappa shape index (κ3) is 2.48. The molecule has 1 aromatic rings. The number of nitrogens with zero attached hydrogens (tertiary/aromatic N) is 1. The number of pyridine rings is 1. The van der Waals surface area contributed by atoms with Crippen molar-refractivity contribution >= 4 is 17.6 Å². The van der Waals surface area contributed by atoms with Crippen molar-refractivity contribution in [1.82, 2.24) is 4.98 Å². The number of rotatable bonds is 2. The first kappa shape index (κ1) is 10.4. The zero-order valence-electron chi connectivity index (χ0n) is 8.28. The molecule has 0 atom stereocenters. The SMILES string of the molecule is O=C(OC1CCCC1)c1cccnc1Cl. The molecule has 1 aliphatic rings. The van der Waals surface area contributed by atoms with Crippen molar-refractivity contribution in [3.63, 3.8) is 0 Å². The summed E-state index contributed by atoms with van der Waals surface area (Å²) in [7, 11) is 0. The van der Waals surface area contributed by atoms with Crippen LogP contribution in [0, 0.1) is 0 Å². The van der Waals surface area contributed by atoms with Gasteiger partial charge in [-0.15, -0.1) is 0 Å². The minimum atomic E-state index is -0.361. The van der Waals surface area contributed by atoms with Crippen LogP contribution < -0.4 is 0 Å². The van der Waals surface area contributed by atoms with Crippen molar-refractivity contribution in [2.45, 2.75) is 31.8 Å². The molecular weight excluding hydrogens is 214 g/mol. The smallest absolute Gasteiger partial charge is 0.341 e. The number of halogens is 1. The van der Waals surface area contributed by atoms with Gasteiger partial charge in [-0.25, -0.2) is 9.78 Å². The van der Waals surface area contributed by atoms with E-state index in [1.165, 1.54) is 0 Å². The summed E-state index contributed by atoms with van der Waals surface area (Å²) >= 11 is 5.79. The lowest BCUT2D eigenvalue weighted by molar-refractivity contribution is 0.0317. The lowest BCUT2D eigenvalue weighted by Crippen LogP contribution is -2.15. The lowest BCUT2D eigenvalue weighted by Gasteiger charge is -2.11. The molecule has 0 spiro atoms. The van der Waals surface area contributed by atoms with Crippen molar-refractivity contribution in [1.29, 1.82) is 0 Å². The highest BCUT2D eigenvalue weighted by molar-refractivity contribution is 6.32. The molecule has 1 saturated carbocycles. The third-order valence-electron chi connectivity index (χ3n) is 2.55. The number of hydrogen-bond acceptors (Lipinski definition) is 3. The molecular formula is C11H12ClNO2.